The molecule has 2 aromatic rings. The number of aryl methyl sites for hydroxylation is 1. The Morgan fingerprint density at radius 2 is 1.80 bits per heavy atom. The Labute approximate surface area is 86.3 Å². The highest BCUT2D eigenvalue weighted by atomic mass is 19.1. The lowest BCUT2D eigenvalue weighted by Gasteiger charge is -2.03. The van der Waals surface area contributed by atoms with E-state index in [1.54, 1.807) is 19.1 Å². The van der Waals surface area contributed by atoms with Gasteiger partial charge < -0.3 is 11.5 Å². The number of hydrogen-bond acceptors (Lipinski definition) is 3. The predicted octanol–water partition coefficient (Wildman–Crippen LogP) is 1.48. The fraction of sp³-hybridized carbons (Fsp3) is 0.100. The summed E-state index contributed by atoms with van der Waals surface area (Å²) >= 11 is 0. The molecule has 0 aliphatic carbocycles. The summed E-state index contributed by atoms with van der Waals surface area (Å²) < 4.78 is 14.2. The quantitative estimate of drug-likeness (QED) is 0.742. The molecule has 0 spiro atoms. The Morgan fingerprint density at radius 3 is 2.27 bits per heavy atom. The van der Waals surface area contributed by atoms with Crippen LogP contribution in [0.15, 0.2) is 24.3 Å². The number of aromatic nitrogens is 2. The summed E-state index contributed by atoms with van der Waals surface area (Å²) in [7, 11) is 0. The standard InChI is InChI=1S/C10H11FN4/c1-6-9(12)10(13)15(14-6)8-4-2-7(11)3-5-8/h2-5H,12-13H2,1H3. The van der Waals surface area contributed by atoms with Crippen LogP contribution in [0.25, 0.3) is 5.69 Å². The van der Waals surface area contributed by atoms with E-state index in [1.165, 1.54) is 16.8 Å². The van der Waals surface area contributed by atoms with Crippen LogP contribution >= 0.6 is 0 Å². The number of benzene rings is 1. The number of hydrogen-bond donors (Lipinski definition) is 2. The van der Waals surface area contributed by atoms with Crippen molar-refractivity contribution in [2.45, 2.75) is 6.92 Å². The van der Waals surface area contributed by atoms with Gasteiger partial charge >= 0.3 is 0 Å². The second kappa shape index (κ2) is 3.27. The number of nitrogen functional groups attached to an aromatic ring is 2. The third-order valence-corrected chi connectivity index (χ3v) is 2.22. The Kier molecular flexibility index (Phi) is 2.07. The van der Waals surface area contributed by atoms with E-state index in [2.05, 4.69) is 5.10 Å². The Balaban J connectivity index is 2.54. The largest absolute Gasteiger partial charge is 0.394 e. The maximum absolute atomic E-state index is 12.7. The number of halogens is 1. The number of nitrogens with two attached hydrogens (primary N) is 2. The van der Waals surface area contributed by atoms with Crippen LogP contribution in [0.2, 0.25) is 0 Å². The molecule has 1 heterocycles. The second-order valence-electron chi connectivity index (χ2n) is 3.27. The molecule has 0 amide bonds. The van der Waals surface area contributed by atoms with Crippen molar-refractivity contribution in [3.63, 3.8) is 0 Å². The first-order valence-electron chi connectivity index (χ1n) is 4.46. The molecule has 0 aliphatic heterocycles. The molecule has 0 saturated carbocycles. The highest BCUT2D eigenvalue weighted by molar-refractivity contribution is 5.64. The van der Waals surface area contributed by atoms with Crippen molar-refractivity contribution in [1.29, 1.82) is 0 Å². The van der Waals surface area contributed by atoms with Gasteiger partial charge in [0.15, 0.2) is 5.82 Å². The minimum Gasteiger partial charge on any atom is -0.394 e. The van der Waals surface area contributed by atoms with Gasteiger partial charge in [-0.3, -0.25) is 0 Å². The van der Waals surface area contributed by atoms with Gasteiger partial charge in [0.2, 0.25) is 0 Å². The van der Waals surface area contributed by atoms with Crippen LogP contribution in [0.5, 0.6) is 0 Å². The van der Waals surface area contributed by atoms with Crippen LogP contribution in [-0.2, 0) is 0 Å². The van der Waals surface area contributed by atoms with E-state index in [-0.39, 0.29) is 5.82 Å². The molecule has 0 radical (unpaired) electrons. The van der Waals surface area contributed by atoms with Crippen LogP contribution in [0.3, 0.4) is 0 Å². The first-order valence-corrected chi connectivity index (χ1v) is 4.46. The van der Waals surface area contributed by atoms with Crippen molar-refractivity contribution in [3.05, 3.63) is 35.8 Å². The van der Waals surface area contributed by atoms with Gasteiger partial charge in [-0.25, -0.2) is 9.07 Å². The van der Waals surface area contributed by atoms with E-state index in [1.807, 2.05) is 0 Å². The molecule has 15 heavy (non-hydrogen) atoms. The monoisotopic (exact) mass is 206 g/mol. The highest BCUT2D eigenvalue weighted by Crippen LogP contribution is 2.22. The molecular weight excluding hydrogens is 195 g/mol. The van der Waals surface area contributed by atoms with Crippen molar-refractivity contribution in [3.8, 4) is 5.69 Å². The normalized spacial score (nSPS) is 10.5. The number of nitrogens with zero attached hydrogens (tertiary/aromatic N) is 2. The molecule has 0 aliphatic rings. The van der Waals surface area contributed by atoms with E-state index in [0.29, 0.717) is 22.9 Å². The van der Waals surface area contributed by atoms with E-state index in [0.717, 1.165) is 0 Å². The lowest BCUT2D eigenvalue weighted by molar-refractivity contribution is 0.627. The molecule has 78 valence electrons. The molecule has 2 rings (SSSR count). The van der Waals surface area contributed by atoms with Crippen LogP contribution in [-0.4, -0.2) is 9.78 Å². The molecule has 0 unspecified atom stereocenters. The number of anilines is 2. The van der Waals surface area contributed by atoms with E-state index >= 15 is 0 Å². The molecule has 5 heteroatoms. The number of rotatable bonds is 1. The smallest absolute Gasteiger partial charge is 0.150 e. The van der Waals surface area contributed by atoms with Crippen molar-refractivity contribution >= 4 is 11.5 Å². The third-order valence-electron chi connectivity index (χ3n) is 2.22. The first-order chi connectivity index (χ1) is 7.09. The lowest BCUT2D eigenvalue weighted by Crippen LogP contribution is -2.02. The molecule has 1 aromatic carbocycles. The summed E-state index contributed by atoms with van der Waals surface area (Å²) in [6.45, 7) is 1.77. The lowest BCUT2D eigenvalue weighted by atomic mass is 10.3. The SMILES string of the molecule is Cc1nn(-c2ccc(F)cc2)c(N)c1N. The Hall–Kier alpha value is -2.04. The summed E-state index contributed by atoms with van der Waals surface area (Å²) in [5, 5.41) is 4.15. The van der Waals surface area contributed by atoms with Gasteiger partial charge in [0.25, 0.3) is 0 Å². The third kappa shape index (κ3) is 1.52. The van der Waals surface area contributed by atoms with Crippen molar-refractivity contribution in [1.82, 2.24) is 9.78 Å². The molecule has 0 fully saturated rings. The van der Waals surface area contributed by atoms with Crippen molar-refractivity contribution in [2.75, 3.05) is 11.5 Å². The van der Waals surface area contributed by atoms with E-state index < -0.39 is 0 Å². The van der Waals surface area contributed by atoms with E-state index in [9.17, 15) is 4.39 Å². The average molecular weight is 206 g/mol. The van der Waals surface area contributed by atoms with Gasteiger partial charge in [-0.05, 0) is 31.2 Å². The van der Waals surface area contributed by atoms with Gasteiger partial charge in [0, 0.05) is 0 Å². The highest BCUT2D eigenvalue weighted by Gasteiger charge is 2.10. The van der Waals surface area contributed by atoms with Crippen LogP contribution in [0.1, 0.15) is 5.69 Å². The minimum absolute atomic E-state index is 0.297. The summed E-state index contributed by atoms with van der Waals surface area (Å²) in [6, 6.07) is 5.89. The maximum Gasteiger partial charge on any atom is 0.150 e. The molecule has 4 nitrogen and oxygen atoms in total. The molecular formula is C10H11FN4. The fourth-order valence-corrected chi connectivity index (χ4v) is 1.34. The molecule has 0 saturated heterocycles. The fourth-order valence-electron chi connectivity index (χ4n) is 1.34. The Bertz CT molecular complexity index is 487. The predicted molar refractivity (Wildman–Crippen MR) is 57.1 cm³/mol. The summed E-state index contributed by atoms with van der Waals surface area (Å²) in [6.07, 6.45) is 0. The van der Waals surface area contributed by atoms with E-state index in [4.69, 9.17) is 11.5 Å². The summed E-state index contributed by atoms with van der Waals surface area (Å²) in [5.41, 5.74) is 13.3. The van der Waals surface area contributed by atoms with Crippen molar-refractivity contribution in [2.24, 2.45) is 0 Å². The molecule has 0 bridgehead atoms. The van der Waals surface area contributed by atoms with Crippen LogP contribution < -0.4 is 11.5 Å². The van der Waals surface area contributed by atoms with Gasteiger partial charge in [-0.1, -0.05) is 0 Å². The summed E-state index contributed by atoms with van der Waals surface area (Å²) in [4.78, 5) is 0. The zero-order valence-corrected chi connectivity index (χ0v) is 8.24. The first kappa shape index (κ1) is 9.51. The summed E-state index contributed by atoms with van der Waals surface area (Å²) in [5.74, 6) is 0.0771. The topological polar surface area (TPSA) is 69.9 Å². The molecule has 0 atom stereocenters. The zero-order chi connectivity index (χ0) is 11.0. The van der Waals surface area contributed by atoms with Crippen molar-refractivity contribution < 1.29 is 4.39 Å². The average Bonchev–Trinajstić information content (AvgIpc) is 2.47. The van der Waals surface area contributed by atoms with Crippen LogP contribution in [0.4, 0.5) is 15.9 Å². The zero-order valence-electron chi connectivity index (χ0n) is 8.24. The Morgan fingerprint density at radius 1 is 1.20 bits per heavy atom. The van der Waals surface area contributed by atoms with Gasteiger partial charge in [0.05, 0.1) is 17.1 Å². The maximum atomic E-state index is 12.7. The minimum atomic E-state index is -0.297. The molecule has 1 aromatic heterocycles. The van der Waals surface area contributed by atoms with Gasteiger partial charge in [-0.2, -0.15) is 5.10 Å². The van der Waals surface area contributed by atoms with Gasteiger partial charge in [0.1, 0.15) is 5.82 Å². The van der Waals surface area contributed by atoms with Crippen LogP contribution in [0, 0.1) is 12.7 Å². The second-order valence-corrected chi connectivity index (χ2v) is 3.27. The van der Waals surface area contributed by atoms with Gasteiger partial charge in [-0.15, -0.1) is 0 Å². The molecule has 4 N–H and O–H groups in total.